The van der Waals surface area contributed by atoms with Crippen molar-refractivity contribution >= 4 is 17.6 Å². The van der Waals surface area contributed by atoms with Gasteiger partial charge in [0.25, 0.3) is 0 Å². The molecule has 12 heavy (non-hydrogen) atoms. The van der Waals surface area contributed by atoms with Crippen molar-refractivity contribution in [3.63, 3.8) is 0 Å². The topological polar surface area (TPSA) is 37.3 Å². The fourth-order valence-corrected chi connectivity index (χ4v) is 1.16. The van der Waals surface area contributed by atoms with Crippen LogP contribution in [0.15, 0.2) is 24.3 Å². The number of benzene rings is 1. The zero-order valence-electron chi connectivity index (χ0n) is 6.46. The standard InChI is InChI=1S/C9H9ClO2/c10-6-8-3-1-2-7(4-8)5-9(11)12/h1-4H,5-6H2,(H,11,12). The molecule has 0 aliphatic carbocycles. The van der Waals surface area contributed by atoms with Crippen molar-refractivity contribution in [2.24, 2.45) is 0 Å². The van der Waals surface area contributed by atoms with Crippen molar-refractivity contribution < 1.29 is 9.90 Å². The van der Waals surface area contributed by atoms with Crippen LogP contribution in [0.4, 0.5) is 0 Å². The van der Waals surface area contributed by atoms with Gasteiger partial charge in [-0.15, -0.1) is 11.6 Å². The maximum atomic E-state index is 10.3. The second-order valence-electron chi connectivity index (χ2n) is 2.52. The summed E-state index contributed by atoms with van der Waals surface area (Å²) in [4.78, 5) is 10.3. The number of carbonyl (C=O) groups is 1. The minimum atomic E-state index is -0.818. The Kier molecular flexibility index (Phi) is 3.11. The minimum absolute atomic E-state index is 0.0602. The molecule has 1 rings (SSSR count). The van der Waals surface area contributed by atoms with Gasteiger partial charge in [-0.05, 0) is 11.1 Å². The summed E-state index contributed by atoms with van der Waals surface area (Å²) in [7, 11) is 0. The van der Waals surface area contributed by atoms with E-state index in [0.29, 0.717) is 5.88 Å². The first kappa shape index (κ1) is 9.07. The highest BCUT2D eigenvalue weighted by Crippen LogP contribution is 2.08. The number of hydrogen-bond acceptors (Lipinski definition) is 1. The Balaban J connectivity index is 2.79. The van der Waals surface area contributed by atoms with Crippen LogP contribution in [0.1, 0.15) is 11.1 Å². The quantitative estimate of drug-likeness (QED) is 0.731. The fraction of sp³-hybridized carbons (Fsp3) is 0.222. The van der Waals surface area contributed by atoms with E-state index in [4.69, 9.17) is 16.7 Å². The fourth-order valence-electron chi connectivity index (χ4n) is 0.997. The van der Waals surface area contributed by atoms with Gasteiger partial charge in [0.05, 0.1) is 6.42 Å². The first-order valence-electron chi connectivity index (χ1n) is 3.58. The van der Waals surface area contributed by atoms with Crippen LogP contribution in [-0.2, 0) is 17.1 Å². The maximum Gasteiger partial charge on any atom is 0.307 e. The van der Waals surface area contributed by atoms with Gasteiger partial charge < -0.3 is 5.11 Å². The third-order valence-electron chi connectivity index (χ3n) is 1.50. The predicted octanol–water partition coefficient (Wildman–Crippen LogP) is 2.05. The monoisotopic (exact) mass is 184 g/mol. The highest BCUT2D eigenvalue weighted by Gasteiger charge is 2.00. The van der Waals surface area contributed by atoms with Gasteiger partial charge in [-0.1, -0.05) is 24.3 Å². The summed E-state index contributed by atoms with van der Waals surface area (Å²) in [5.41, 5.74) is 1.75. The van der Waals surface area contributed by atoms with Gasteiger partial charge in [0.2, 0.25) is 0 Å². The molecule has 1 N–H and O–H groups in total. The molecule has 3 heteroatoms. The molecule has 0 radical (unpaired) electrons. The Labute approximate surface area is 75.8 Å². The molecule has 0 saturated carbocycles. The van der Waals surface area contributed by atoms with Crippen molar-refractivity contribution in [3.8, 4) is 0 Å². The molecular weight excluding hydrogens is 176 g/mol. The average Bonchev–Trinajstić information content (AvgIpc) is 2.03. The Bertz CT molecular complexity index is 284. The number of carboxylic acids is 1. The lowest BCUT2D eigenvalue weighted by molar-refractivity contribution is -0.136. The van der Waals surface area contributed by atoms with Gasteiger partial charge in [-0.3, -0.25) is 4.79 Å². The second kappa shape index (κ2) is 4.12. The van der Waals surface area contributed by atoms with E-state index in [1.165, 1.54) is 0 Å². The molecule has 2 nitrogen and oxygen atoms in total. The lowest BCUT2D eigenvalue weighted by atomic mass is 10.1. The lowest BCUT2D eigenvalue weighted by Gasteiger charge is -1.98. The highest BCUT2D eigenvalue weighted by atomic mass is 35.5. The van der Waals surface area contributed by atoms with Gasteiger partial charge in [-0.2, -0.15) is 0 Å². The molecule has 64 valence electrons. The summed E-state index contributed by atoms with van der Waals surface area (Å²) >= 11 is 5.59. The summed E-state index contributed by atoms with van der Waals surface area (Å²) in [6.45, 7) is 0. The number of carboxylic acid groups (broad SMARTS) is 1. The largest absolute Gasteiger partial charge is 0.481 e. The summed E-state index contributed by atoms with van der Waals surface area (Å²) < 4.78 is 0. The number of hydrogen-bond donors (Lipinski definition) is 1. The molecule has 0 fully saturated rings. The van der Waals surface area contributed by atoms with Crippen LogP contribution in [0.3, 0.4) is 0 Å². The zero-order valence-corrected chi connectivity index (χ0v) is 7.21. The molecule has 0 saturated heterocycles. The van der Waals surface area contributed by atoms with Crippen LogP contribution < -0.4 is 0 Å². The lowest BCUT2D eigenvalue weighted by Crippen LogP contribution is -1.99. The van der Waals surface area contributed by atoms with Crippen LogP contribution in [-0.4, -0.2) is 11.1 Å². The van der Waals surface area contributed by atoms with Gasteiger partial charge in [0, 0.05) is 5.88 Å². The molecule has 0 aromatic heterocycles. The van der Waals surface area contributed by atoms with Crippen molar-refractivity contribution in [1.82, 2.24) is 0 Å². The van der Waals surface area contributed by atoms with E-state index < -0.39 is 5.97 Å². The number of rotatable bonds is 3. The SMILES string of the molecule is O=C(O)Cc1cccc(CCl)c1. The van der Waals surface area contributed by atoms with Crippen molar-refractivity contribution in [2.45, 2.75) is 12.3 Å². The molecule has 1 aromatic rings. The normalized spacial score (nSPS) is 9.75. The first-order chi connectivity index (χ1) is 5.72. The number of alkyl halides is 1. The van der Waals surface area contributed by atoms with E-state index in [0.717, 1.165) is 11.1 Å². The summed E-state index contributed by atoms with van der Waals surface area (Å²) in [5.74, 6) is -0.394. The third-order valence-corrected chi connectivity index (χ3v) is 1.81. The van der Waals surface area contributed by atoms with E-state index in [1.54, 1.807) is 12.1 Å². The van der Waals surface area contributed by atoms with E-state index >= 15 is 0 Å². The van der Waals surface area contributed by atoms with Gasteiger partial charge in [-0.25, -0.2) is 0 Å². The Hall–Kier alpha value is -1.02. The molecular formula is C9H9ClO2. The molecule has 0 aliphatic rings. The van der Waals surface area contributed by atoms with Gasteiger partial charge >= 0.3 is 5.97 Å². The Morgan fingerprint density at radius 3 is 2.67 bits per heavy atom. The zero-order chi connectivity index (χ0) is 8.97. The summed E-state index contributed by atoms with van der Waals surface area (Å²) in [6.07, 6.45) is 0.0602. The second-order valence-corrected chi connectivity index (χ2v) is 2.79. The van der Waals surface area contributed by atoms with E-state index in [2.05, 4.69) is 0 Å². The first-order valence-corrected chi connectivity index (χ1v) is 4.11. The predicted molar refractivity (Wildman–Crippen MR) is 47.3 cm³/mol. The minimum Gasteiger partial charge on any atom is -0.481 e. The van der Waals surface area contributed by atoms with Crippen molar-refractivity contribution in [1.29, 1.82) is 0 Å². The molecule has 0 bridgehead atoms. The molecule has 0 heterocycles. The molecule has 0 aliphatic heterocycles. The third kappa shape index (κ3) is 2.55. The smallest absolute Gasteiger partial charge is 0.307 e. The van der Waals surface area contributed by atoms with Crippen LogP contribution >= 0.6 is 11.6 Å². The maximum absolute atomic E-state index is 10.3. The molecule has 0 unspecified atom stereocenters. The number of aliphatic carboxylic acids is 1. The van der Waals surface area contributed by atoms with Crippen molar-refractivity contribution in [2.75, 3.05) is 0 Å². The van der Waals surface area contributed by atoms with Crippen molar-refractivity contribution in [3.05, 3.63) is 35.4 Å². The Morgan fingerprint density at radius 1 is 1.42 bits per heavy atom. The van der Waals surface area contributed by atoms with E-state index in [-0.39, 0.29) is 6.42 Å². The van der Waals surface area contributed by atoms with Crippen LogP contribution in [0.5, 0.6) is 0 Å². The van der Waals surface area contributed by atoms with Crippen LogP contribution in [0, 0.1) is 0 Å². The molecule has 0 atom stereocenters. The van der Waals surface area contributed by atoms with Crippen LogP contribution in [0.2, 0.25) is 0 Å². The van der Waals surface area contributed by atoms with Gasteiger partial charge in [0.15, 0.2) is 0 Å². The summed E-state index contributed by atoms with van der Waals surface area (Å²) in [6, 6.07) is 7.28. The van der Waals surface area contributed by atoms with Crippen LogP contribution in [0.25, 0.3) is 0 Å². The molecule has 0 amide bonds. The highest BCUT2D eigenvalue weighted by molar-refractivity contribution is 6.17. The summed E-state index contributed by atoms with van der Waals surface area (Å²) in [5, 5.41) is 8.50. The molecule has 0 spiro atoms. The number of halogens is 1. The van der Waals surface area contributed by atoms with Gasteiger partial charge in [0.1, 0.15) is 0 Å². The molecule has 1 aromatic carbocycles. The van der Waals surface area contributed by atoms with E-state index in [1.807, 2.05) is 12.1 Å². The average molecular weight is 185 g/mol. The Morgan fingerprint density at radius 2 is 2.08 bits per heavy atom. The van der Waals surface area contributed by atoms with E-state index in [9.17, 15) is 4.79 Å².